The summed E-state index contributed by atoms with van der Waals surface area (Å²) in [5.41, 5.74) is -0.0791. The first-order valence-electron chi connectivity index (χ1n) is 5.93. The number of carboxylic acid groups (broad SMARTS) is 1. The summed E-state index contributed by atoms with van der Waals surface area (Å²) in [7, 11) is 1.47. The molecule has 0 bridgehead atoms. The van der Waals surface area contributed by atoms with E-state index in [9.17, 15) is 14.9 Å². The number of non-ortho nitro benzene ring substituents is 1. The molecule has 0 spiro atoms. The Kier molecular flexibility index (Phi) is 4.04. The number of nitro benzene ring substituents is 1. The van der Waals surface area contributed by atoms with Crippen molar-refractivity contribution in [3.8, 4) is 5.75 Å². The van der Waals surface area contributed by atoms with Gasteiger partial charge in [-0.3, -0.25) is 10.1 Å². The first-order valence-corrected chi connectivity index (χ1v) is 5.93. The summed E-state index contributed by atoms with van der Waals surface area (Å²) in [5, 5.41) is 19.6. The van der Waals surface area contributed by atoms with Crippen molar-refractivity contribution < 1.29 is 24.3 Å². The van der Waals surface area contributed by atoms with Crippen molar-refractivity contribution in [1.82, 2.24) is 4.90 Å². The zero-order valence-corrected chi connectivity index (χ0v) is 10.8. The van der Waals surface area contributed by atoms with Gasteiger partial charge in [-0.05, 0) is 6.07 Å². The van der Waals surface area contributed by atoms with Crippen molar-refractivity contribution in [2.75, 3.05) is 20.2 Å². The molecule has 0 saturated carbocycles. The van der Waals surface area contributed by atoms with Gasteiger partial charge < -0.3 is 19.5 Å². The lowest BCUT2D eigenvalue weighted by Crippen LogP contribution is -2.31. The second-order valence-corrected chi connectivity index (χ2v) is 4.37. The van der Waals surface area contributed by atoms with Gasteiger partial charge in [0.2, 0.25) is 0 Å². The Hall–Kier alpha value is -2.35. The summed E-state index contributed by atoms with van der Waals surface area (Å²) in [6, 6.07) is 5.76. The largest absolute Gasteiger partial charge is 0.486 e. The highest BCUT2D eigenvalue weighted by Gasteiger charge is 2.37. The van der Waals surface area contributed by atoms with Gasteiger partial charge in [-0.1, -0.05) is 6.07 Å². The predicted molar refractivity (Wildman–Crippen MR) is 67.9 cm³/mol. The van der Waals surface area contributed by atoms with E-state index in [2.05, 4.69) is 0 Å². The third-order valence-electron chi connectivity index (χ3n) is 3.10. The van der Waals surface area contributed by atoms with Crippen molar-refractivity contribution in [2.45, 2.75) is 12.2 Å². The van der Waals surface area contributed by atoms with Crippen LogP contribution < -0.4 is 4.74 Å². The molecule has 108 valence electrons. The van der Waals surface area contributed by atoms with E-state index < -0.39 is 23.2 Å². The molecule has 8 nitrogen and oxygen atoms in total. The van der Waals surface area contributed by atoms with Crippen molar-refractivity contribution in [1.29, 1.82) is 0 Å². The summed E-state index contributed by atoms with van der Waals surface area (Å²) >= 11 is 0. The van der Waals surface area contributed by atoms with E-state index in [1.807, 2.05) is 0 Å². The molecule has 1 aliphatic heterocycles. The number of rotatable bonds is 4. The molecule has 8 heteroatoms. The third-order valence-corrected chi connectivity index (χ3v) is 3.10. The van der Waals surface area contributed by atoms with Crippen LogP contribution in [-0.4, -0.2) is 53.4 Å². The van der Waals surface area contributed by atoms with E-state index in [0.717, 1.165) is 0 Å². The zero-order chi connectivity index (χ0) is 14.7. The number of methoxy groups -OCH3 is 1. The SMILES string of the molecule is CO[C@H]1CN(C(=O)O)C[C@@H]1Oc1cccc([N+](=O)[O-])c1. The van der Waals surface area contributed by atoms with Gasteiger partial charge in [0, 0.05) is 13.2 Å². The molecule has 0 aliphatic carbocycles. The average molecular weight is 282 g/mol. The lowest BCUT2D eigenvalue weighted by Gasteiger charge is -2.18. The van der Waals surface area contributed by atoms with Crippen LogP contribution in [-0.2, 0) is 4.74 Å². The number of likely N-dealkylation sites (tertiary alicyclic amines) is 1. The molecule has 1 heterocycles. The molecule has 2 rings (SSSR count). The molecule has 1 aromatic carbocycles. The quantitative estimate of drug-likeness (QED) is 0.660. The number of hydrogen-bond acceptors (Lipinski definition) is 5. The lowest BCUT2D eigenvalue weighted by molar-refractivity contribution is -0.385. The number of benzene rings is 1. The van der Waals surface area contributed by atoms with Crippen molar-refractivity contribution in [3.63, 3.8) is 0 Å². The topological polar surface area (TPSA) is 102 Å². The van der Waals surface area contributed by atoms with E-state index in [4.69, 9.17) is 14.6 Å². The number of carbonyl (C=O) groups is 1. The molecule has 1 N–H and O–H groups in total. The molecular formula is C12H14N2O6. The number of ether oxygens (including phenoxy) is 2. The molecule has 1 aliphatic rings. The van der Waals surface area contributed by atoms with Gasteiger partial charge in [0.15, 0.2) is 0 Å². The van der Waals surface area contributed by atoms with Gasteiger partial charge in [0.1, 0.15) is 18.0 Å². The van der Waals surface area contributed by atoms with Gasteiger partial charge in [-0.15, -0.1) is 0 Å². The molecule has 0 unspecified atom stereocenters. The highest BCUT2D eigenvalue weighted by Crippen LogP contribution is 2.24. The van der Waals surface area contributed by atoms with Gasteiger partial charge in [0.05, 0.1) is 24.1 Å². The number of amides is 1. The zero-order valence-electron chi connectivity index (χ0n) is 10.8. The van der Waals surface area contributed by atoms with Gasteiger partial charge in [-0.2, -0.15) is 0 Å². The highest BCUT2D eigenvalue weighted by molar-refractivity contribution is 5.65. The summed E-state index contributed by atoms with van der Waals surface area (Å²) in [4.78, 5) is 22.3. The van der Waals surface area contributed by atoms with Crippen LogP contribution in [0.3, 0.4) is 0 Å². The van der Waals surface area contributed by atoms with Crippen LogP contribution in [0.1, 0.15) is 0 Å². The number of nitro groups is 1. The van der Waals surface area contributed by atoms with E-state index in [0.29, 0.717) is 5.75 Å². The minimum Gasteiger partial charge on any atom is -0.486 e. The van der Waals surface area contributed by atoms with Crippen LogP contribution in [0.4, 0.5) is 10.5 Å². The Morgan fingerprint density at radius 1 is 1.45 bits per heavy atom. The normalized spacial score (nSPS) is 21.8. The smallest absolute Gasteiger partial charge is 0.407 e. The minimum atomic E-state index is -1.04. The molecule has 0 aromatic heterocycles. The minimum absolute atomic E-state index is 0.0791. The number of hydrogen-bond donors (Lipinski definition) is 1. The molecule has 1 amide bonds. The van der Waals surface area contributed by atoms with Crippen molar-refractivity contribution in [2.24, 2.45) is 0 Å². The second kappa shape index (κ2) is 5.74. The van der Waals surface area contributed by atoms with E-state index in [-0.39, 0.29) is 18.8 Å². The first kappa shape index (κ1) is 14.1. The van der Waals surface area contributed by atoms with Crippen LogP contribution in [0, 0.1) is 10.1 Å². The van der Waals surface area contributed by atoms with Gasteiger partial charge >= 0.3 is 6.09 Å². The summed E-state index contributed by atoms with van der Waals surface area (Å²) in [5.74, 6) is 0.318. The maximum Gasteiger partial charge on any atom is 0.407 e. The maximum absolute atomic E-state index is 10.9. The Morgan fingerprint density at radius 2 is 2.15 bits per heavy atom. The van der Waals surface area contributed by atoms with Crippen molar-refractivity contribution >= 4 is 11.8 Å². The highest BCUT2D eigenvalue weighted by atomic mass is 16.6. The summed E-state index contributed by atoms with van der Waals surface area (Å²) in [6.07, 6.45) is -1.93. The Morgan fingerprint density at radius 3 is 2.75 bits per heavy atom. The molecular weight excluding hydrogens is 268 g/mol. The van der Waals surface area contributed by atoms with E-state index >= 15 is 0 Å². The van der Waals surface area contributed by atoms with Gasteiger partial charge in [-0.25, -0.2) is 4.79 Å². The van der Waals surface area contributed by atoms with E-state index in [1.165, 1.54) is 30.2 Å². The molecule has 2 atom stereocenters. The van der Waals surface area contributed by atoms with Crippen LogP contribution in [0.5, 0.6) is 5.75 Å². The van der Waals surface area contributed by atoms with Crippen molar-refractivity contribution in [3.05, 3.63) is 34.4 Å². The Bertz CT molecular complexity index is 520. The summed E-state index contributed by atoms with van der Waals surface area (Å²) in [6.45, 7) is 0.377. The fourth-order valence-electron chi connectivity index (χ4n) is 2.08. The Balaban J connectivity index is 2.10. The van der Waals surface area contributed by atoms with Crippen LogP contribution >= 0.6 is 0 Å². The molecule has 0 radical (unpaired) electrons. The standard InChI is InChI=1S/C12H14N2O6/c1-19-10-6-13(12(15)16)7-11(10)20-9-4-2-3-8(5-9)14(17)18/h2-5,10-11H,6-7H2,1H3,(H,15,16)/t10-,11-/m0/s1. The third kappa shape index (κ3) is 2.97. The van der Waals surface area contributed by atoms with Crippen LogP contribution in [0.15, 0.2) is 24.3 Å². The first-order chi connectivity index (χ1) is 9.51. The summed E-state index contributed by atoms with van der Waals surface area (Å²) < 4.78 is 10.8. The fourth-order valence-corrected chi connectivity index (χ4v) is 2.08. The Labute approximate surface area is 114 Å². The lowest BCUT2D eigenvalue weighted by atomic mass is 10.2. The molecule has 20 heavy (non-hydrogen) atoms. The molecule has 1 aromatic rings. The monoisotopic (exact) mass is 282 g/mol. The fraction of sp³-hybridized carbons (Fsp3) is 0.417. The van der Waals surface area contributed by atoms with Crippen LogP contribution in [0.2, 0.25) is 0 Å². The van der Waals surface area contributed by atoms with E-state index in [1.54, 1.807) is 6.07 Å². The molecule has 1 saturated heterocycles. The van der Waals surface area contributed by atoms with Crippen LogP contribution in [0.25, 0.3) is 0 Å². The maximum atomic E-state index is 10.9. The van der Waals surface area contributed by atoms with Gasteiger partial charge in [0.25, 0.3) is 5.69 Å². The number of nitrogens with zero attached hydrogens (tertiary/aromatic N) is 2. The molecule has 1 fully saturated rings. The predicted octanol–water partition coefficient (Wildman–Crippen LogP) is 1.35. The average Bonchev–Trinajstić information content (AvgIpc) is 2.82. The second-order valence-electron chi connectivity index (χ2n) is 4.37.